The van der Waals surface area contributed by atoms with E-state index < -0.39 is 36.1 Å². The fourth-order valence-electron chi connectivity index (χ4n) is 1.60. The van der Waals surface area contributed by atoms with Gasteiger partial charge >= 0.3 is 17.9 Å². The smallest absolute Gasteiger partial charge is 0.330 e. The van der Waals surface area contributed by atoms with Gasteiger partial charge in [0.05, 0.1) is 12.3 Å². The first-order valence-electron chi connectivity index (χ1n) is 5.81. The van der Waals surface area contributed by atoms with Crippen molar-refractivity contribution in [2.75, 3.05) is 0 Å². The topological polar surface area (TPSA) is 119 Å². The zero-order valence-corrected chi connectivity index (χ0v) is 11.3. The van der Waals surface area contributed by atoms with E-state index in [1.807, 2.05) is 5.32 Å². The van der Waals surface area contributed by atoms with Gasteiger partial charge in [0.15, 0.2) is 5.56 Å². The van der Waals surface area contributed by atoms with E-state index in [0.29, 0.717) is 0 Å². The highest BCUT2D eigenvalue weighted by Gasteiger charge is 2.40. The van der Waals surface area contributed by atoms with E-state index >= 15 is 0 Å². The zero-order valence-electron chi connectivity index (χ0n) is 10.6. The number of carbonyl (C=O) groups excluding carboxylic acids is 3. The average Bonchev–Trinajstić information content (AvgIpc) is 2.36. The number of rotatable bonds is 8. The summed E-state index contributed by atoms with van der Waals surface area (Å²) in [5.74, 6) is -2.90. The number of hydrogen-bond donors (Lipinski definition) is 2. The summed E-state index contributed by atoms with van der Waals surface area (Å²) in [6.45, 7) is 1.66. The van der Waals surface area contributed by atoms with E-state index in [1.54, 1.807) is 6.92 Å². The van der Waals surface area contributed by atoms with Crippen molar-refractivity contribution in [1.82, 2.24) is 5.32 Å². The summed E-state index contributed by atoms with van der Waals surface area (Å²) in [5.41, 5.74) is -1.08. The monoisotopic (exact) mass is 307 g/mol. The van der Waals surface area contributed by atoms with Gasteiger partial charge in [-0.2, -0.15) is 0 Å². The number of esters is 2. The Bertz CT molecular complexity index is 414. The third kappa shape index (κ3) is 4.37. The lowest BCUT2D eigenvalue weighted by atomic mass is 9.97. The normalized spacial score (nSPS) is 23.8. The number of ether oxygens (including phenoxy) is 2. The molecule has 1 heterocycles. The summed E-state index contributed by atoms with van der Waals surface area (Å²) in [7, 11) is 0. The second-order valence-electron chi connectivity index (χ2n) is 4.28. The van der Waals surface area contributed by atoms with Crippen molar-refractivity contribution in [3.8, 4) is 0 Å². The lowest BCUT2D eigenvalue weighted by Gasteiger charge is -2.33. The van der Waals surface area contributed by atoms with Gasteiger partial charge in [-0.05, 0) is 6.92 Å². The van der Waals surface area contributed by atoms with E-state index in [-0.39, 0.29) is 24.7 Å². The lowest BCUT2D eigenvalue weighted by molar-refractivity contribution is -0.185. The first-order valence-corrected chi connectivity index (χ1v) is 6.25. The molecule has 1 aliphatic rings. The van der Waals surface area contributed by atoms with Crippen LogP contribution in [0.2, 0.25) is 0 Å². The molecule has 1 fully saturated rings. The van der Waals surface area contributed by atoms with Crippen LogP contribution in [0.15, 0.2) is 0 Å². The minimum atomic E-state index is -1.31. The molecular weight excluding hydrogens is 294 g/mol. The van der Waals surface area contributed by atoms with Crippen molar-refractivity contribution in [3.63, 3.8) is 0 Å². The molecular formula is C11H14ClNO7. The van der Waals surface area contributed by atoms with Gasteiger partial charge in [0.25, 0.3) is 0 Å². The Morgan fingerprint density at radius 2 is 2.25 bits per heavy atom. The molecule has 0 aliphatic carbocycles. The molecule has 0 spiro atoms. The highest BCUT2D eigenvalue weighted by Crippen LogP contribution is 2.27. The molecule has 2 N–H and O–H groups in total. The summed E-state index contributed by atoms with van der Waals surface area (Å²) in [6.07, 6.45) is -0.750. The third-order valence-electron chi connectivity index (χ3n) is 2.79. The van der Waals surface area contributed by atoms with Gasteiger partial charge < -0.3 is 19.9 Å². The Morgan fingerprint density at radius 3 is 2.70 bits per heavy atom. The number of cyclic esters (lactones) is 1. The number of halogens is 1. The molecule has 1 amide bonds. The molecule has 0 bridgehead atoms. The predicted molar refractivity (Wildman–Crippen MR) is 64.6 cm³/mol. The molecule has 112 valence electrons. The number of carboxylic acid groups (broad SMARTS) is 1. The maximum absolute atomic E-state index is 11.6. The van der Waals surface area contributed by atoms with Crippen LogP contribution in [0.1, 0.15) is 19.8 Å². The van der Waals surface area contributed by atoms with Crippen molar-refractivity contribution in [3.05, 3.63) is 0 Å². The number of hydrogen-bond acceptors (Lipinski definition) is 6. The number of carboxylic acids is 1. The van der Waals surface area contributed by atoms with Crippen molar-refractivity contribution in [1.29, 1.82) is 0 Å². The Labute approximate surface area is 119 Å². The Balaban J connectivity index is 2.44. The fourth-order valence-corrected chi connectivity index (χ4v) is 1.86. The molecule has 0 aromatic carbocycles. The van der Waals surface area contributed by atoms with Gasteiger partial charge in [-0.25, -0.2) is 4.79 Å². The van der Waals surface area contributed by atoms with Crippen LogP contribution < -0.4 is 5.32 Å². The van der Waals surface area contributed by atoms with Crippen LogP contribution in [0.4, 0.5) is 0 Å². The SMILES string of the molecule is C[C@@H]1C(=O)O[C@H]1C[C@H](Cl)OC(=O)[C@H](CC(=O)O)NC=O. The second-order valence-corrected chi connectivity index (χ2v) is 4.77. The molecule has 1 rings (SSSR count). The molecule has 1 saturated heterocycles. The number of nitrogens with one attached hydrogen (secondary N) is 1. The Morgan fingerprint density at radius 1 is 1.60 bits per heavy atom. The summed E-state index contributed by atoms with van der Waals surface area (Å²) in [6, 6.07) is -1.31. The van der Waals surface area contributed by atoms with Crippen LogP contribution in [-0.2, 0) is 28.7 Å². The molecule has 9 heteroatoms. The lowest BCUT2D eigenvalue weighted by Crippen LogP contribution is -2.45. The van der Waals surface area contributed by atoms with Gasteiger partial charge in [0, 0.05) is 6.42 Å². The number of aliphatic carboxylic acids is 1. The number of alkyl halides is 1. The molecule has 20 heavy (non-hydrogen) atoms. The molecule has 1 aliphatic heterocycles. The second kappa shape index (κ2) is 7.09. The largest absolute Gasteiger partial charge is 0.481 e. The van der Waals surface area contributed by atoms with Crippen LogP contribution in [0, 0.1) is 5.92 Å². The minimum Gasteiger partial charge on any atom is -0.481 e. The standard InChI is InChI=1S/C11H14ClNO7/c1-5-7(19-10(5)17)3-8(12)20-11(18)6(13-4-14)2-9(15)16/h4-8H,2-3H2,1H3,(H,13,14)(H,15,16)/t5-,6-,7-,8+/m0/s1. The van der Waals surface area contributed by atoms with Crippen LogP contribution in [-0.4, -0.2) is 47.1 Å². The molecule has 0 aromatic heterocycles. The van der Waals surface area contributed by atoms with Crippen molar-refractivity contribution in [2.24, 2.45) is 5.92 Å². The van der Waals surface area contributed by atoms with Gasteiger partial charge in [-0.1, -0.05) is 11.6 Å². The van der Waals surface area contributed by atoms with Gasteiger partial charge in [-0.15, -0.1) is 0 Å². The van der Waals surface area contributed by atoms with Crippen LogP contribution in [0.5, 0.6) is 0 Å². The summed E-state index contributed by atoms with van der Waals surface area (Å²) in [4.78, 5) is 43.3. The first-order chi connectivity index (χ1) is 9.35. The highest BCUT2D eigenvalue weighted by molar-refractivity contribution is 6.20. The average molecular weight is 308 g/mol. The highest BCUT2D eigenvalue weighted by atomic mass is 35.5. The van der Waals surface area contributed by atoms with Gasteiger partial charge in [0.2, 0.25) is 6.41 Å². The first kappa shape index (κ1) is 16.2. The van der Waals surface area contributed by atoms with E-state index in [0.717, 1.165) is 0 Å². The molecule has 4 atom stereocenters. The third-order valence-corrected chi connectivity index (χ3v) is 3.06. The number of carbonyl (C=O) groups is 4. The van der Waals surface area contributed by atoms with E-state index in [1.165, 1.54) is 0 Å². The van der Waals surface area contributed by atoms with E-state index in [2.05, 4.69) is 0 Å². The molecule has 0 radical (unpaired) electrons. The summed E-state index contributed by atoms with van der Waals surface area (Å²) >= 11 is 5.78. The van der Waals surface area contributed by atoms with E-state index in [9.17, 15) is 19.2 Å². The summed E-state index contributed by atoms with van der Waals surface area (Å²) < 4.78 is 9.60. The van der Waals surface area contributed by atoms with E-state index in [4.69, 9.17) is 26.2 Å². The van der Waals surface area contributed by atoms with Crippen LogP contribution in [0.3, 0.4) is 0 Å². The Kier molecular flexibility index (Phi) is 5.75. The summed E-state index contributed by atoms with van der Waals surface area (Å²) in [5, 5.41) is 10.6. The van der Waals surface area contributed by atoms with Crippen LogP contribution >= 0.6 is 11.6 Å². The molecule has 8 nitrogen and oxygen atoms in total. The molecule has 0 saturated carbocycles. The maximum Gasteiger partial charge on any atom is 0.330 e. The van der Waals surface area contributed by atoms with Crippen molar-refractivity contribution in [2.45, 2.75) is 37.5 Å². The quantitative estimate of drug-likeness (QED) is 0.357. The van der Waals surface area contributed by atoms with Crippen molar-refractivity contribution < 1.29 is 33.8 Å². The zero-order chi connectivity index (χ0) is 15.3. The minimum absolute atomic E-state index is 0.0983. The van der Waals surface area contributed by atoms with Crippen LogP contribution in [0.25, 0.3) is 0 Å². The predicted octanol–water partition coefficient (Wildman–Crippen LogP) is -0.365. The van der Waals surface area contributed by atoms with Gasteiger partial charge in [-0.3, -0.25) is 14.4 Å². The molecule has 0 unspecified atom stereocenters. The molecule has 0 aromatic rings. The van der Waals surface area contributed by atoms with Gasteiger partial charge in [0.1, 0.15) is 12.1 Å². The fraction of sp³-hybridized carbons (Fsp3) is 0.636. The van der Waals surface area contributed by atoms with Crippen molar-refractivity contribution >= 4 is 35.9 Å². The Hall–Kier alpha value is -1.83. The number of amides is 1. The maximum atomic E-state index is 11.6.